The average Bonchev–Trinajstić information content (AvgIpc) is 3.04. The number of furan rings is 1. The molecule has 0 aliphatic heterocycles. The van der Waals surface area contributed by atoms with Gasteiger partial charge < -0.3 is 19.6 Å². The third kappa shape index (κ3) is 3.26. The molecule has 6 heteroatoms. The quantitative estimate of drug-likeness (QED) is 0.822. The van der Waals surface area contributed by atoms with Crippen LogP contribution in [0.4, 0.5) is 5.69 Å². The summed E-state index contributed by atoms with van der Waals surface area (Å²) in [6.45, 7) is -0.169. The summed E-state index contributed by atoms with van der Waals surface area (Å²) in [5.74, 6) is 1.61. The van der Waals surface area contributed by atoms with Crippen molar-refractivity contribution in [3.63, 3.8) is 0 Å². The third-order valence-electron chi connectivity index (χ3n) is 2.91. The van der Waals surface area contributed by atoms with Crippen LogP contribution in [0.3, 0.4) is 0 Å². The van der Waals surface area contributed by atoms with Gasteiger partial charge in [0.2, 0.25) is 0 Å². The standard InChI is InChI=1S/C16H13N3O3/c1-21-16-6-12(19-9-11(7-17)8-18)2-4-14(16)15-5-3-13(10-20)22-15/h2-6,9,19-20H,10H2,1H3. The average molecular weight is 295 g/mol. The molecule has 0 saturated carbocycles. The summed E-state index contributed by atoms with van der Waals surface area (Å²) < 4.78 is 10.8. The normalized spacial score (nSPS) is 9.45. The highest BCUT2D eigenvalue weighted by atomic mass is 16.5. The van der Waals surface area contributed by atoms with Gasteiger partial charge in [0.25, 0.3) is 0 Å². The lowest BCUT2D eigenvalue weighted by molar-refractivity contribution is 0.248. The maximum atomic E-state index is 9.04. The molecule has 0 spiro atoms. The lowest BCUT2D eigenvalue weighted by atomic mass is 10.1. The zero-order valence-electron chi connectivity index (χ0n) is 11.8. The molecule has 0 unspecified atom stereocenters. The number of rotatable bonds is 5. The van der Waals surface area contributed by atoms with Crippen LogP contribution in [0.1, 0.15) is 5.76 Å². The molecule has 0 fully saturated rings. The highest BCUT2D eigenvalue weighted by molar-refractivity contribution is 5.70. The van der Waals surface area contributed by atoms with E-state index in [4.69, 9.17) is 24.8 Å². The van der Waals surface area contributed by atoms with Crippen LogP contribution in [0.5, 0.6) is 5.75 Å². The monoisotopic (exact) mass is 295 g/mol. The number of benzene rings is 1. The first-order chi connectivity index (χ1) is 10.7. The van der Waals surface area contributed by atoms with Crippen LogP contribution < -0.4 is 10.1 Å². The third-order valence-corrected chi connectivity index (χ3v) is 2.91. The summed E-state index contributed by atoms with van der Waals surface area (Å²) in [6.07, 6.45) is 1.32. The summed E-state index contributed by atoms with van der Waals surface area (Å²) in [7, 11) is 1.53. The zero-order chi connectivity index (χ0) is 15.9. The number of methoxy groups -OCH3 is 1. The van der Waals surface area contributed by atoms with E-state index >= 15 is 0 Å². The van der Waals surface area contributed by atoms with Gasteiger partial charge in [-0.05, 0) is 24.3 Å². The van der Waals surface area contributed by atoms with Crippen LogP contribution in [0.2, 0.25) is 0 Å². The van der Waals surface area contributed by atoms with Gasteiger partial charge in [0.05, 0.1) is 12.7 Å². The molecule has 1 aromatic heterocycles. The van der Waals surface area contributed by atoms with Crippen molar-refractivity contribution in [1.82, 2.24) is 0 Å². The van der Waals surface area contributed by atoms with Crippen molar-refractivity contribution < 1.29 is 14.3 Å². The van der Waals surface area contributed by atoms with E-state index in [1.165, 1.54) is 13.3 Å². The number of allylic oxidation sites excluding steroid dienone is 1. The lowest BCUT2D eigenvalue weighted by Gasteiger charge is -2.09. The van der Waals surface area contributed by atoms with E-state index in [1.54, 1.807) is 42.5 Å². The van der Waals surface area contributed by atoms with Gasteiger partial charge >= 0.3 is 0 Å². The Labute approximate surface area is 127 Å². The van der Waals surface area contributed by atoms with Crippen molar-refractivity contribution >= 4 is 5.69 Å². The fourth-order valence-electron chi connectivity index (χ4n) is 1.84. The molecule has 110 valence electrons. The summed E-state index contributed by atoms with van der Waals surface area (Å²) in [6, 6.07) is 12.2. The van der Waals surface area contributed by atoms with Crippen molar-refractivity contribution in [3.8, 4) is 29.2 Å². The molecule has 0 aliphatic carbocycles. The number of nitriles is 2. The van der Waals surface area contributed by atoms with Gasteiger partial charge in [-0.25, -0.2) is 0 Å². The summed E-state index contributed by atoms with van der Waals surface area (Å²) in [5.41, 5.74) is 1.37. The maximum absolute atomic E-state index is 9.04. The molecule has 0 bridgehead atoms. The van der Waals surface area contributed by atoms with Gasteiger partial charge in [-0.3, -0.25) is 0 Å². The highest BCUT2D eigenvalue weighted by Crippen LogP contribution is 2.33. The molecule has 1 heterocycles. The van der Waals surface area contributed by atoms with Gasteiger partial charge in [-0.15, -0.1) is 0 Å². The lowest BCUT2D eigenvalue weighted by Crippen LogP contribution is -1.93. The Morgan fingerprint density at radius 1 is 1.32 bits per heavy atom. The van der Waals surface area contributed by atoms with E-state index < -0.39 is 0 Å². The van der Waals surface area contributed by atoms with Crippen LogP contribution in [-0.2, 0) is 6.61 Å². The Bertz CT molecular complexity index is 763. The molecule has 22 heavy (non-hydrogen) atoms. The van der Waals surface area contributed by atoms with E-state index in [2.05, 4.69) is 5.32 Å². The number of nitrogens with zero attached hydrogens (tertiary/aromatic N) is 2. The molecular formula is C16H13N3O3. The van der Waals surface area contributed by atoms with Crippen LogP contribution in [0.15, 0.2) is 46.5 Å². The van der Waals surface area contributed by atoms with Crippen molar-refractivity contribution in [2.75, 3.05) is 12.4 Å². The fraction of sp³-hybridized carbons (Fsp3) is 0.125. The van der Waals surface area contributed by atoms with Gasteiger partial charge in [-0.1, -0.05) is 0 Å². The predicted octanol–water partition coefficient (Wildman–Crippen LogP) is 2.79. The van der Waals surface area contributed by atoms with E-state index in [0.717, 1.165) is 5.56 Å². The molecular weight excluding hydrogens is 282 g/mol. The fourth-order valence-corrected chi connectivity index (χ4v) is 1.84. The zero-order valence-corrected chi connectivity index (χ0v) is 11.8. The molecule has 1 aromatic carbocycles. The summed E-state index contributed by atoms with van der Waals surface area (Å²) in [4.78, 5) is 0. The molecule has 0 saturated heterocycles. The van der Waals surface area contributed by atoms with E-state index in [-0.39, 0.29) is 12.2 Å². The highest BCUT2D eigenvalue weighted by Gasteiger charge is 2.11. The Morgan fingerprint density at radius 2 is 2.09 bits per heavy atom. The van der Waals surface area contributed by atoms with Crippen LogP contribution >= 0.6 is 0 Å². The maximum Gasteiger partial charge on any atom is 0.145 e. The topological polar surface area (TPSA) is 102 Å². The van der Waals surface area contributed by atoms with Crippen molar-refractivity contribution in [3.05, 3.63) is 47.9 Å². The van der Waals surface area contributed by atoms with Gasteiger partial charge in [0.1, 0.15) is 41.6 Å². The molecule has 2 N–H and O–H groups in total. The van der Waals surface area contributed by atoms with Crippen molar-refractivity contribution in [2.24, 2.45) is 0 Å². The summed E-state index contributed by atoms with van der Waals surface area (Å²) in [5, 5.41) is 29.3. The van der Waals surface area contributed by atoms with Crippen molar-refractivity contribution in [1.29, 1.82) is 10.5 Å². The van der Waals surface area contributed by atoms with Crippen LogP contribution in [0, 0.1) is 22.7 Å². The first-order valence-corrected chi connectivity index (χ1v) is 6.36. The van der Waals surface area contributed by atoms with Gasteiger partial charge in [0, 0.05) is 18.0 Å². The van der Waals surface area contributed by atoms with Gasteiger partial charge in [0.15, 0.2) is 0 Å². The minimum absolute atomic E-state index is 0.0262. The molecule has 2 rings (SSSR count). The number of anilines is 1. The number of aliphatic hydroxyl groups is 1. The predicted molar refractivity (Wildman–Crippen MR) is 79.6 cm³/mol. The van der Waals surface area contributed by atoms with E-state index in [9.17, 15) is 0 Å². The number of hydrogen-bond donors (Lipinski definition) is 2. The second-order valence-electron chi connectivity index (χ2n) is 4.27. The molecule has 0 radical (unpaired) electrons. The molecule has 6 nitrogen and oxygen atoms in total. The molecule has 0 amide bonds. The molecule has 0 atom stereocenters. The molecule has 2 aromatic rings. The number of ether oxygens (including phenoxy) is 1. The Kier molecular flexibility index (Phi) is 4.81. The Balaban J connectivity index is 2.30. The minimum Gasteiger partial charge on any atom is -0.496 e. The molecule has 0 aliphatic rings. The van der Waals surface area contributed by atoms with Crippen LogP contribution in [0.25, 0.3) is 11.3 Å². The van der Waals surface area contributed by atoms with Crippen LogP contribution in [-0.4, -0.2) is 12.2 Å². The minimum atomic E-state index is -0.169. The number of aliphatic hydroxyl groups excluding tert-OH is 1. The van der Waals surface area contributed by atoms with Crippen molar-refractivity contribution in [2.45, 2.75) is 6.61 Å². The second kappa shape index (κ2) is 6.98. The Morgan fingerprint density at radius 3 is 2.68 bits per heavy atom. The van der Waals surface area contributed by atoms with Gasteiger partial charge in [-0.2, -0.15) is 10.5 Å². The number of nitrogens with one attached hydrogen (secondary N) is 1. The second-order valence-corrected chi connectivity index (χ2v) is 4.27. The Hall–Kier alpha value is -3.22. The first-order valence-electron chi connectivity index (χ1n) is 6.36. The SMILES string of the molecule is COc1cc(NC=C(C#N)C#N)ccc1-c1ccc(CO)o1. The van der Waals surface area contributed by atoms with E-state index in [1.807, 2.05) is 0 Å². The van der Waals surface area contributed by atoms with E-state index in [0.29, 0.717) is 23.0 Å². The smallest absolute Gasteiger partial charge is 0.145 e. The number of hydrogen-bond acceptors (Lipinski definition) is 6. The first kappa shape index (κ1) is 15.2. The summed E-state index contributed by atoms with van der Waals surface area (Å²) >= 11 is 0. The largest absolute Gasteiger partial charge is 0.496 e.